The minimum atomic E-state index is -0.0434. The van der Waals surface area contributed by atoms with E-state index in [1.54, 1.807) is 12.3 Å². The largest absolute Gasteiger partial charge is 0.456 e. The number of ether oxygens (including phenoxy) is 2. The number of pyridine rings is 1. The predicted molar refractivity (Wildman–Crippen MR) is 119 cm³/mol. The van der Waals surface area contributed by atoms with E-state index >= 15 is 0 Å². The van der Waals surface area contributed by atoms with Crippen LogP contribution in [0.15, 0.2) is 36.5 Å². The Labute approximate surface area is 184 Å². The predicted octanol–water partition coefficient (Wildman–Crippen LogP) is 3.69. The van der Waals surface area contributed by atoms with Crippen molar-refractivity contribution in [2.75, 3.05) is 39.4 Å². The SMILES string of the molecule is O=C(c1ccc(Oc2ccc3c(c2)CCN(C2CCC2)CC3)cn1)N1CCCOCC1. The molecule has 5 rings (SSSR count). The number of amides is 1. The van der Waals surface area contributed by atoms with Crippen molar-refractivity contribution in [3.8, 4) is 11.5 Å². The standard InChI is InChI=1S/C25H31N3O3/c29-25(28-11-2-15-30-16-14-28)24-8-7-23(18-26-24)31-22-6-5-19-9-12-27(21-3-1-4-21)13-10-20(19)17-22/h5-8,17-18,21H,1-4,9-16H2. The highest BCUT2D eigenvalue weighted by atomic mass is 16.5. The zero-order valence-corrected chi connectivity index (χ0v) is 18.1. The van der Waals surface area contributed by atoms with Crippen LogP contribution in [0.25, 0.3) is 0 Å². The highest BCUT2D eigenvalue weighted by Gasteiger charge is 2.26. The van der Waals surface area contributed by atoms with Crippen LogP contribution in [0.4, 0.5) is 0 Å². The molecule has 2 aromatic rings. The number of benzene rings is 1. The highest BCUT2D eigenvalue weighted by Crippen LogP contribution is 2.30. The Morgan fingerprint density at radius 1 is 0.935 bits per heavy atom. The van der Waals surface area contributed by atoms with Gasteiger partial charge in [-0.2, -0.15) is 0 Å². The lowest BCUT2D eigenvalue weighted by Gasteiger charge is -2.36. The zero-order valence-electron chi connectivity index (χ0n) is 18.1. The van der Waals surface area contributed by atoms with Crippen LogP contribution in [-0.4, -0.2) is 66.1 Å². The average Bonchev–Trinajstić information content (AvgIpc) is 3.14. The van der Waals surface area contributed by atoms with Crippen LogP contribution < -0.4 is 4.74 Å². The minimum Gasteiger partial charge on any atom is -0.456 e. The maximum Gasteiger partial charge on any atom is 0.272 e. The quantitative estimate of drug-likeness (QED) is 0.754. The molecule has 1 aromatic carbocycles. The molecule has 1 saturated heterocycles. The third-order valence-corrected chi connectivity index (χ3v) is 6.81. The van der Waals surface area contributed by atoms with Crippen molar-refractivity contribution in [1.29, 1.82) is 0 Å². The minimum absolute atomic E-state index is 0.0434. The van der Waals surface area contributed by atoms with Crippen LogP contribution in [0.3, 0.4) is 0 Å². The first-order chi connectivity index (χ1) is 15.3. The molecule has 0 bridgehead atoms. The summed E-state index contributed by atoms with van der Waals surface area (Å²) < 4.78 is 11.5. The summed E-state index contributed by atoms with van der Waals surface area (Å²) in [6.45, 7) is 4.94. The van der Waals surface area contributed by atoms with Gasteiger partial charge in [0, 0.05) is 38.8 Å². The summed E-state index contributed by atoms with van der Waals surface area (Å²) in [6.07, 6.45) is 8.82. The van der Waals surface area contributed by atoms with Crippen molar-refractivity contribution in [3.05, 3.63) is 53.3 Å². The van der Waals surface area contributed by atoms with Gasteiger partial charge < -0.3 is 14.4 Å². The Hall–Kier alpha value is -2.44. The van der Waals surface area contributed by atoms with Crippen molar-refractivity contribution < 1.29 is 14.3 Å². The van der Waals surface area contributed by atoms with Crippen LogP contribution in [0.1, 0.15) is 47.3 Å². The summed E-state index contributed by atoms with van der Waals surface area (Å²) >= 11 is 0. The number of carbonyl (C=O) groups is 1. The van der Waals surface area contributed by atoms with Crippen LogP contribution in [0, 0.1) is 0 Å². The summed E-state index contributed by atoms with van der Waals surface area (Å²) in [5.41, 5.74) is 3.28. The van der Waals surface area contributed by atoms with Gasteiger partial charge in [0.25, 0.3) is 5.91 Å². The number of fused-ring (bicyclic) bond motifs is 1. The topological polar surface area (TPSA) is 54.9 Å². The summed E-state index contributed by atoms with van der Waals surface area (Å²) in [5.74, 6) is 1.44. The normalized spacial score (nSPS) is 20.3. The van der Waals surface area contributed by atoms with Gasteiger partial charge in [0.05, 0.1) is 12.8 Å². The Morgan fingerprint density at radius 2 is 1.77 bits per heavy atom. The van der Waals surface area contributed by atoms with Crippen LogP contribution in [-0.2, 0) is 17.6 Å². The summed E-state index contributed by atoms with van der Waals surface area (Å²) in [6, 6.07) is 10.8. The molecule has 1 aromatic heterocycles. The van der Waals surface area contributed by atoms with E-state index in [2.05, 4.69) is 22.0 Å². The Kier molecular flexibility index (Phi) is 6.18. The molecular formula is C25H31N3O3. The lowest BCUT2D eigenvalue weighted by molar-refractivity contribution is 0.0735. The van der Waals surface area contributed by atoms with E-state index < -0.39 is 0 Å². The number of hydrogen-bond donors (Lipinski definition) is 0. The van der Waals surface area contributed by atoms with E-state index in [0.717, 1.165) is 37.6 Å². The molecule has 0 radical (unpaired) electrons. The first-order valence-corrected chi connectivity index (χ1v) is 11.6. The summed E-state index contributed by atoms with van der Waals surface area (Å²) in [5, 5.41) is 0. The maximum absolute atomic E-state index is 12.7. The molecule has 1 aliphatic carbocycles. The van der Waals surface area contributed by atoms with Gasteiger partial charge in [-0.15, -0.1) is 0 Å². The molecule has 6 heteroatoms. The molecule has 31 heavy (non-hydrogen) atoms. The summed E-state index contributed by atoms with van der Waals surface area (Å²) in [7, 11) is 0. The second kappa shape index (κ2) is 9.37. The Balaban J connectivity index is 1.22. The molecule has 0 spiro atoms. The molecule has 0 atom stereocenters. The third kappa shape index (κ3) is 4.75. The van der Waals surface area contributed by atoms with E-state index in [0.29, 0.717) is 37.7 Å². The highest BCUT2D eigenvalue weighted by molar-refractivity contribution is 5.92. The second-order valence-electron chi connectivity index (χ2n) is 8.79. The molecule has 1 amide bonds. The smallest absolute Gasteiger partial charge is 0.272 e. The van der Waals surface area contributed by atoms with Crippen LogP contribution in [0.5, 0.6) is 11.5 Å². The van der Waals surface area contributed by atoms with Gasteiger partial charge in [-0.3, -0.25) is 9.69 Å². The summed E-state index contributed by atoms with van der Waals surface area (Å²) in [4.78, 5) is 21.5. The van der Waals surface area contributed by atoms with E-state index in [1.807, 2.05) is 17.0 Å². The first kappa shape index (κ1) is 20.5. The molecule has 3 heterocycles. The van der Waals surface area contributed by atoms with Gasteiger partial charge in [-0.05, 0) is 67.5 Å². The van der Waals surface area contributed by atoms with Crippen molar-refractivity contribution in [2.24, 2.45) is 0 Å². The molecule has 1 saturated carbocycles. The Morgan fingerprint density at radius 3 is 2.55 bits per heavy atom. The molecule has 3 aliphatic rings. The van der Waals surface area contributed by atoms with Crippen LogP contribution in [0.2, 0.25) is 0 Å². The fourth-order valence-corrected chi connectivity index (χ4v) is 4.71. The number of aromatic nitrogens is 1. The number of rotatable bonds is 4. The van der Waals surface area contributed by atoms with Crippen molar-refractivity contribution in [1.82, 2.24) is 14.8 Å². The first-order valence-electron chi connectivity index (χ1n) is 11.6. The molecule has 2 aliphatic heterocycles. The molecule has 6 nitrogen and oxygen atoms in total. The van der Waals surface area contributed by atoms with Gasteiger partial charge >= 0.3 is 0 Å². The number of nitrogens with zero attached hydrogens (tertiary/aromatic N) is 3. The molecular weight excluding hydrogens is 390 g/mol. The van der Waals surface area contributed by atoms with Gasteiger partial charge in [0.15, 0.2) is 0 Å². The lowest BCUT2D eigenvalue weighted by Crippen LogP contribution is -2.41. The van der Waals surface area contributed by atoms with Gasteiger partial charge in [0.1, 0.15) is 17.2 Å². The van der Waals surface area contributed by atoms with E-state index in [4.69, 9.17) is 9.47 Å². The zero-order chi connectivity index (χ0) is 21.0. The monoisotopic (exact) mass is 421 g/mol. The molecule has 0 unspecified atom stereocenters. The van der Waals surface area contributed by atoms with E-state index in [1.165, 1.54) is 36.9 Å². The average molecular weight is 422 g/mol. The van der Waals surface area contributed by atoms with Crippen molar-refractivity contribution in [3.63, 3.8) is 0 Å². The third-order valence-electron chi connectivity index (χ3n) is 6.81. The maximum atomic E-state index is 12.7. The molecule has 164 valence electrons. The van der Waals surface area contributed by atoms with Gasteiger partial charge in [-0.1, -0.05) is 12.5 Å². The van der Waals surface area contributed by atoms with E-state index in [-0.39, 0.29) is 5.91 Å². The van der Waals surface area contributed by atoms with Crippen molar-refractivity contribution >= 4 is 5.91 Å². The van der Waals surface area contributed by atoms with Gasteiger partial charge in [0.2, 0.25) is 0 Å². The van der Waals surface area contributed by atoms with E-state index in [9.17, 15) is 4.79 Å². The fraction of sp³-hybridized carbons (Fsp3) is 0.520. The lowest BCUT2D eigenvalue weighted by atomic mass is 9.91. The number of hydrogen-bond acceptors (Lipinski definition) is 5. The molecule has 0 N–H and O–H groups in total. The number of carbonyl (C=O) groups excluding carboxylic acids is 1. The Bertz CT molecular complexity index is 903. The van der Waals surface area contributed by atoms with Gasteiger partial charge in [-0.25, -0.2) is 4.98 Å². The van der Waals surface area contributed by atoms with Crippen LogP contribution >= 0.6 is 0 Å². The second-order valence-corrected chi connectivity index (χ2v) is 8.79. The molecule has 2 fully saturated rings. The fourth-order valence-electron chi connectivity index (χ4n) is 4.71. The van der Waals surface area contributed by atoms with Crippen molar-refractivity contribution in [2.45, 2.75) is 44.6 Å².